The van der Waals surface area contributed by atoms with Crippen LogP contribution in [0.25, 0.3) is 0 Å². The van der Waals surface area contributed by atoms with E-state index in [1.165, 1.54) is 0 Å². The molecule has 1 fully saturated rings. The van der Waals surface area contributed by atoms with Crippen LogP contribution >= 0.6 is 0 Å². The predicted molar refractivity (Wildman–Crippen MR) is 49.1 cm³/mol. The van der Waals surface area contributed by atoms with Crippen molar-refractivity contribution in [1.29, 1.82) is 0 Å². The van der Waals surface area contributed by atoms with Crippen molar-refractivity contribution in [3.8, 4) is 0 Å². The van der Waals surface area contributed by atoms with Gasteiger partial charge in [-0.15, -0.1) is 0 Å². The SMILES string of the molecule is CC(=O)O[C@@H]1[C@H](OC(C)=O)[C@@H](O)CO[C@H]1O. The zero-order valence-electron chi connectivity index (χ0n) is 8.95. The molecule has 0 spiro atoms. The molecule has 4 atom stereocenters. The topological polar surface area (TPSA) is 102 Å². The van der Waals surface area contributed by atoms with E-state index in [1.54, 1.807) is 0 Å². The molecule has 0 unspecified atom stereocenters. The Kier molecular flexibility index (Phi) is 4.22. The van der Waals surface area contributed by atoms with E-state index < -0.39 is 36.5 Å². The van der Waals surface area contributed by atoms with Gasteiger partial charge in [-0.2, -0.15) is 0 Å². The van der Waals surface area contributed by atoms with E-state index in [2.05, 4.69) is 0 Å². The van der Waals surface area contributed by atoms with Crippen LogP contribution < -0.4 is 0 Å². The van der Waals surface area contributed by atoms with Gasteiger partial charge >= 0.3 is 11.9 Å². The van der Waals surface area contributed by atoms with E-state index in [4.69, 9.17) is 14.2 Å². The van der Waals surface area contributed by atoms with Crippen molar-refractivity contribution in [2.75, 3.05) is 6.61 Å². The number of esters is 2. The first-order chi connectivity index (χ1) is 7.41. The summed E-state index contributed by atoms with van der Waals surface area (Å²) < 4.78 is 14.3. The smallest absolute Gasteiger partial charge is 0.303 e. The van der Waals surface area contributed by atoms with E-state index in [0.29, 0.717) is 0 Å². The fraction of sp³-hybridized carbons (Fsp3) is 0.778. The summed E-state index contributed by atoms with van der Waals surface area (Å²) in [5, 5.41) is 18.9. The van der Waals surface area contributed by atoms with Crippen LogP contribution in [0.3, 0.4) is 0 Å². The van der Waals surface area contributed by atoms with E-state index in [0.717, 1.165) is 13.8 Å². The quantitative estimate of drug-likeness (QED) is 0.564. The van der Waals surface area contributed by atoms with Gasteiger partial charge in [0.2, 0.25) is 0 Å². The summed E-state index contributed by atoms with van der Waals surface area (Å²) in [6.45, 7) is 2.09. The summed E-state index contributed by atoms with van der Waals surface area (Å²) in [7, 11) is 0. The van der Waals surface area contributed by atoms with Gasteiger partial charge in [-0.05, 0) is 0 Å². The molecule has 1 aliphatic heterocycles. The molecule has 0 aliphatic carbocycles. The molecule has 7 nitrogen and oxygen atoms in total. The van der Waals surface area contributed by atoms with Crippen molar-refractivity contribution >= 4 is 11.9 Å². The van der Waals surface area contributed by atoms with E-state index >= 15 is 0 Å². The van der Waals surface area contributed by atoms with Crippen molar-refractivity contribution in [1.82, 2.24) is 0 Å². The Hall–Kier alpha value is -1.18. The Morgan fingerprint density at radius 3 is 2.12 bits per heavy atom. The number of carbonyl (C=O) groups excluding carboxylic acids is 2. The Morgan fingerprint density at radius 2 is 1.62 bits per heavy atom. The molecular formula is C9H14O7. The number of ether oxygens (including phenoxy) is 3. The average molecular weight is 234 g/mol. The van der Waals surface area contributed by atoms with Gasteiger partial charge in [0.1, 0.15) is 6.10 Å². The van der Waals surface area contributed by atoms with Crippen LogP contribution in [0.2, 0.25) is 0 Å². The molecule has 1 heterocycles. The van der Waals surface area contributed by atoms with Crippen LogP contribution in [0.5, 0.6) is 0 Å². The average Bonchev–Trinajstić information content (AvgIpc) is 2.16. The van der Waals surface area contributed by atoms with Crippen LogP contribution in [-0.4, -0.2) is 53.4 Å². The second-order valence-corrected chi connectivity index (χ2v) is 3.44. The van der Waals surface area contributed by atoms with Crippen LogP contribution in [0.1, 0.15) is 13.8 Å². The molecule has 0 radical (unpaired) electrons. The summed E-state index contributed by atoms with van der Waals surface area (Å²) in [6.07, 6.45) is -4.90. The normalized spacial score (nSPS) is 34.2. The van der Waals surface area contributed by atoms with Crippen molar-refractivity contribution in [3.05, 3.63) is 0 Å². The maximum atomic E-state index is 10.8. The summed E-state index contributed by atoms with van der Waals surface area (Å²) in [6, 6.07) is 0. The highest BCUT2D eigenvalue weighted by Gasteiger charge is 2.43. The highest BCUT2D eigenvalue weighted by molar-refractivity contribution is 5.67. The van der Waals surface area contributed by atoms with Gasteiger partial charge < -0.3 is 24.4 Å². The summed E-state index contributed by atoms with van der Waals surface area (Å²) in [5.41, 5.74) is 0. The fourth-order valence-corrected chi connectivity index (χ4v) is 1.42. The first kappa shape index (κ1) is 12.9. The van der Waals surface area contributed by atoms with Crippen LogP contribution in [0.4, 0.5) is 0 Å². The monoisotopic (exact) mass is 234 g/mol. The van der Waals surface area contributed by atoms with Gasteiger partial charge in [-0.3, -0.25) is 9.59 Å². The molecule has 0 aromatic heterocycles. The summed E-state index contributed by atoms with van der Waals surface area (Å²) >= 11 is 0. The number of aliphatic hydroxyl groups excluding tert-OH is 2. The van der Waals surface area contributed by atoms with Gasteiger partial charge in [-0.25, -0.2) is 0 Å². The second-order valence-electron chi connectivity index (χ2n) is 3.44. The Bertz CT molecular complexity index is 249. The minimum atomic E-state index is -1.42. The molecule has 0 aromatic rings. The van der Waals surface area contributed by atoms with E-state index in [9.17, 15) is 19.8 Å². The van der Waals surface area contributed by atoms with Crippen molar-refractivity contribution in [2.45, 2.75) is 38.4 Å². The van der Waals surface area contributed by atoms with Gasteiger partial charge in [0, 0.05) is 13.8 Å². The third-order valence-electron chi connectivity index (χ3n) is 2.03. The summed E-state index contributed by atoms with van der Waals surface area (Å²) in [5.74, 6) is -1.31. The molecule has 1 aliphatic rings. The maximum Gasteiger partial charge on any atom is 0.303 e. The van der Waals surface area contributed by atoms with E-state index in [-0.39, 0.29) is 6.61 Å². The molecule has 0 bridgehead atoms. The first-order valence-corrected chi connectivity index (χ1v) is 4.74. The number of hydrogen-bond donors (Lipinski definition) is 2. The zero-order valence-corrected chi connectivity index (χ0v) is 8.95. The van der Waals surface area contributed by atoms with Gasteiger partial charge in [-0.1, -0.05) is 0 Å². The molecule has 1 saturated heterocycles. The lowest BCUT2D eigenvalue weighted by atomic mass is 10.1. The number of aliphatic hydroxyl groups is 2. The lowest BCUT2D eigenvalue weighted by molar-refractivity contribution is -0.264. The van der Waals surface area contributed by atoms with Gasteiger partial charge in [0.25, 0.3) is 0 Å². The molecule has 7 heteroatoms. The number of carbonyl (C=O) groups is 2. The van der Waals surface area contributed by atoms with Crippen molar-refractivity contribution in [3.63, 3.8) is 0 Å². The van der Waals surface area contributed by atoms with Crippen molar-refractivity contribution < 1.29 is 34.0 Å². The molecule has 0 amide bonds. The largest absolute Gasteiger partial charge is 0.455 e. The van der Waals surface area contributed by atoms with Crippen LogP contribution in [0.15, 0.2) is 0 Å². The third kappa shape index (κ3) is 3.16. The second kappa shape index (κ2) is 5.24. The number of hydrogen-bond acceptors (Lipinski definition) is 7. The molecule has 16 heavy (non-hydrogen) atoms. The highest BCUT2D eigenvalue weighted by atomic mass is 16.7. The highest BCUT2D eigenvalue weighted by Crippen LogP contribution is 2.20. The van der Waals surface area contributed by atoms with Crippen molar-refractivity contribution in [2.24, 2.45) is 0 Å². The lowest BCUT2D eigenvalue weighted by Crippen LogP contribution is -2.56. The van der Waals surface area contributed by atoms with Gasteiger partial charge in [0.05, 0.1) is 6.61 Å². The summed E-state index contributed by atoms with van der Waals surface area (Å²) in [4.78, 5) is 21.6. The number of rotatable bonds is 2. The lowest BCUT2D eigenvalue weighted by Gasteiger charge is -2.36. The van der Waals surface area contributed by atoms with Crippen LogP contribution in [-0.2, 0) is 23.8 Å². The molecule has 1 rings (SSSR count). The Balaban J connectivity index is 2.76. The van der Waals surface area contributed by atoms with E-state index in [1.807, 2.05) is 0 Å². The van der Waals surface area contributed by atoms with Gasteiger partial charge in [0.15, 0.2) is 18.5 Å². The predicted octanol–water partition coefficient (Wildman–Crippen LogP) is -1.44. The first-order valence-electron chi connectivity index (χ1n) is 4.74. The molecule has 2 N–H and O–H groups in total. The molecule has 92 valence electrons. The Labute approximate surface area is 91.9 Å². The maximum absolute atomic E-state index is 10.8. The van der Waals surface area contributed by atoms with Crippen LogP contribution in [0, 0.1) is 0 Å². The Morgan fingerprint density at radius 1 is 1.12 bits per heavy atom. The third-order valence-corrected chi connectivity index (χ3v) is 2.03. The zero-order chi connectivity index (χ0) is 12.3. The molecular weight excluding hydrogens is 220 g/mol. The fourth-order valence-electron chi connectivity index (χ4n) is 1.42. The minimum absolute atomic E-state index is 0.198. The minimum Gasteiger partial charge on any atom is -0.455 e. The molecule has 0 aromatic carbocycles. The molecule has 0 saturated carbocycles. The standard InChI is InChI=1S/C9H14O7/c1-4(10)15-7-6(12)3-14-9(13)8(7)16-5(2)11/h6-9,12-13H,3H2,1-2H3/t6-,7+,8+,9+/m0/s1.